The molecule has 6 nitrogen and oxygen atoms in total. The lowest BCUT2D eigenvalue weighted by molar-refractivity contribution is 0.0950. The van der Waals surface area contributed by atoms with Crippen molar-refractivity contribution in [3.8, 4) is 5.75 Å². The fourth-order valence-electron chi connectivity index (χ4n) is 3.20. The Morgan fingerprint density at radius 1 is 0.935 bits per heavy atom. The van der Waals surface area contributed by atoms with Gasteiger partial charge < -0.3 is 10.1 Å². The van der Waals surface area contributed by atoms with Gasteiger partial charge in [0.1, 0.15) is 5.75 Å². The Hall–Kier alpha value is -3.32. The molecule has 0 radical (unpaired) electrons. The third kappa shape index (κ3) is 5.24. The van der Waals surface area contributed by atoms with Crippen LogP contribution < -0.4 is 14.8 Å². The summed E-state index contributed by atoms with van der Waals surface area (Å²) in [7, 11) is -2.30. The lowest BCUT2D eigenvalue weighted by Gasteiger charge is -2.14. The molecule has 0 aromatic heterocycles. The van der Waals surface area contributed by atoms with Crippen molar-refractivity contribution in [2.24, 2.45) is 0 Å². The molecule has 2 N–H and O–H groups in total. The zero-order valence-corrected chi connectivity index (χ0v) is 18.8. The van der Waals surface area contributed by atoms with Crippen molar-refractivity contribution >= 4 is 21.6 Å². The van der Waals surface area contributed by atoms with E-state index >= 15 is 0 Å². The van der Waals surface area contributed by atoms with Crippen LogP contribution in [0.3, 0.4) is 0 Å². The van der Waals surface area contributed by atoms with Gasteiger partial charge in [-0.1, -0.05) is 36.4 Å². The first-order valence-corrected chi connectivity index (χ1v) is 11.3. The Morgan fingerprint density at radius 3 is 2.39 bits per heavy atom. The van der Waals surface area contributed by atoms with Gasteiger partial charge in [0, 0.05) is 17.7 Å². The quantitative estimate of drug-likeness (QED) is 0.574. The molecule has 31 heavy (non-hydrogen) atoms. The Labute approximate surface area is 183 Å². The van der Waals surface area contributed by atoms with Crippen LogP contribution in [0.1, 0.15) is 32.6 Å². The predicted molar refractivity (Wildman–Crippen MR) is 122 cm³/mol. The highest BCUT2D eigenvalue weighted by Gasteiger charge is 2.20. The number of rotatable bonds is 7. The molecule has 0 aliphatic carbocycles. The molecule has 1 amide bonds. The summed E-state index contributed by atoms with van der Waals surface area (Å²) < 4.78 is 34.1. The van der Waals surface area contributed by atoms with Crippen LogP contribution in [0.2, 0.25) is 0 Å². The van der Waals surface area contributed by atoms with E-state index in [1.807, 2.05) is 50.2 Å². The maximum atomic E-state index is 13.1. The monoisotopic (exact) mass is 438 g/mol. The molecule has 0 aliphatic rings. The number of para-hydroxylation sites is 1. The molecule has 3 aromatic carbocycles. The van der Waals surface area contributed by atoms with E-state index in [1.54, 1.807) is 32.2 Å². The van der Waals surface area contributed by atoms with Crippen LogP contribution in [0.4, 0.5) is 5.69 Å². The summed E-state index contributed by atoms with van der Waals surface area (Å²) in [5.74, 6) is 0.307. The van der Waals surface area contributed by atoms with Gasteiger partial charge in [-0.15, -0.1) is 0 Å². The van der Waals surface area contributed by atoms with Crippen molar-refractivity contribution in [2.75, 3.05) is 11.8 Å². The molecule has 162 valence electrons. The second-order valence-electron chi connectivity index (χ2n) is 7.40. The lowest BCUT2D eigenvalue weighted by Crippen LogP contribution is -2.24. The van der Waals surface area contributed by atoms with Gasteiger partial charge >= 0.3 is 0 Å². The number of hydrogen-bond acceptors (Lipinski definition) is 4. The number of benzene rings is 3. The highest BCUT2D eigenvalue weighted by molar-refractivity contribution is 7.92. The van der Waals surface area contributed by atoms with Gasteiger partial charge in [-0.25, -0.2) is 8.42 Å². The van der Waals surface area contributed by atoms with Crippen LogP contribution in [0.15, 0.2) is 65.6 Å². The van der Waals surface area contributed by atoms with Gasteiger partial charge in [-0.3, -0.25) is 9.52 Å². The summed E-state index contributed by atoms with van der Waals surface area (Å²) in [6, 6.07) is 17.6. The number of anilines is 1. The van der Waals surface area contributed by atoms with Gasteiger partial charge in [-0.2, -0.15) is 0 Å². The normalized spacial score (nSPS) is 11.1. The second-order valence-corrected chi connectivity index (χ2v) is 9.05. The minimum absolute atomic E-state index is 0.0679. The summed E-state index contributed by atoms with van der Waals surface area (Å²) in [6.07, 6.45) is 0. The average Bonchev–Trinajstić information content (AvgIpc) is 2.74. The third-order valence-corrected chi connectivity index (χ3v) is 6.52. The van der Waals surface area contributed by atoms with E-state index < -0.39 is 10.0 Å². The van der Waals surface area contributed by atoms with Crippen LogP contribution in [0.5, 0.6) is 5.75 Å². The van der Waals surface area contributed by atoms with Crippen molar-refractivity contribution in [3.05, 3.63) is 88.5 Å². The minimum Gasteiger partial charge on any atom is -0.496 e. The summed E-state index contributed by atoms with van der Waals surface area (Å²) in [5, 5.41) is 2.82. The molecule has 0 spiro atoms. The van der Waals surface area contributed by atoms with Gasteiger partial charge in [0.2, 0.25) is 0 Å². The first-order valence-electron chi connectivity index (χ1n) is 9.82. The zero-order valence-electron chi connectivity index (χ0n) is 18.0. The number of methoxy groups -OCH3 is 1. The lowest BCUT2D eigenvalue weighted by atomic mass is 10.1. The van der Waals surface area contributed by atoms with E-state index in [4.69, 9.17) is 4.74 Å². The van der Waals surface area contributed by atoms with Crippen LogP contribution in [-0.2, 0) is 16.6 Å². The molecule has 0 unspecified atom stereocenters. The standard InChI is InChI=1S/C24H26N2O4S/c1-16-9-10-17(2)21(13-16)26-31(28,29)23-14-19(12-11-18(23)3)24(27)25-15-20-7-5-6-8-22(20)30-4/h5-14,26H,15H2,1-4H3,(H,25,27). The minimum atomic E-state index is -3.87. The Balaban J connectivity index is 1.83. The number of carbonyl (C=O) groups excluding carboxylic acids is 1. The number of aryl methyl sites for hydroxylation is 3. The maximum Gasteiger partial charge on any atom is 0.262 e. The Kier molecular flexibility index (Phi) is 6.65. The van der Waals surface area contributed by atoms with E-state index in [2.05, 4.69) is 10.0 Å². The topological polar surface area (TPSA) is 84.5 Å². The largest absolute Gasteiger partial charge is 0.496 e. The Morgan fingerprint density at radius 2 is 1.65 bits per heavy atom. The van der Waals surface area contributed by atoms with Crippen molar-refractivity contribution in [3.63, 3.8) is 0 Å². The number of nitrogens with one attached hydrogen (secondary N) is 2. The third-order valence-electron chi connectivity index (χ3n) is 5.01. The van der Waals surface area contributed by atoms with Crippen molar-refractivity contribution in [1.82, 2.24) is 5.32 Å². The summed E-state index contributed by atoms with van der Waals surface area (Å²) in [5.41, 5.74) is 3.93. The van der Waals surface area contributed by atoms with Crippen LogP contribution in [-0.4, -0.2) is 21.4 Å². The molecule has 0 saturated carbocycles. The van der Waals surface area contributed by atoms with Crippen molar-refractivity contribution in [1.29, 1.82) is 0 Å². The van der Waals surface area contributed by atoms with Gasteiger partial charge in [0.15, 0.2) is 0 Å². The molecule has 0 saturated heterocycles. The number of carbonyl (C=O) groups is 1. The fraction of sp³-hybridized carbons (Fsp3) is 0.208. The molecule has 7 heteroatoms. The number of ether oxygens (including phenoxy) is 1. The zero-order chi connectivity index (χ0) is 22.6. The number of hydrogen-bond donors (Lipinski definition) is 2. The van der Waals surface area contributed by atoms with Gasteiger partial charge in [-0.05, 0) is 61.7 Å². The SMILES string of the molecule is COc1ccccc1CNC(=O)c1ccc(C)c(S(=O)(=O)Nc2cc(C)ccc2C)c1. The molecular weight excluding hydrogens is 412 g/mol. The highest BCUT2D eigenvalue weighted by atomic mass is 32.2. The van der Waals surface area contributed by atoms with Crippen molar-refractivity contribution in [2.45, 2.75) is 32.2 Å². The van der Waals surface area contributed by atoms with Crippen molar-refractivity contribution < 1.29 is 17.9 Å². The molecule has 0 bridgehead atoms. The van der Waals surface area contributed by atoms with Gasteiger partial charge in [0.25, 0.3) is 15.9 Å². The summed E-state index contributed by atoms with van der Waals surface area (Å²) >= 11 is 0. The number of amides is 1. The molecule has 3 rings (SSSR count). The maximum absolute atomic E-state index is 13.1. The summed E-state index contributed by atoms with van der Waals surface area (Å²) in [4.78, 5) is 12.8. The molecular formula is C24H26N2O4S. The van der Waals surface area contributed by atoms with Gasteiger partial charge in [0.05, 0.1) is 17.7 Å². The molecule has 3 aromatic rings. The fourth-order valence-corrected chi connectivity index (χ4v) is 4.60. The van der Waals surface area contributed by atoms with Crippen LogP contribution in [0, 0.1) is 20.8 Å². The number of sulfonamides is 1. The molecule has 0 aliphatic heterocycles. The van der Waals surface area contributed by atoms with E-state index in [0.29, 0.717) is 17.0 Å². The molecule has 0 fully saturated rings. The van der Waals surface area contributed by atoms with E-state index in [1.165, 1.54) is 6.07 Å². The second kappa shape index (κ2) is 9.22. The average molecular weight is 439 g/mol. The Bertz CT molecular complexity index is 1220. The van der Waals surface area contributed by atoms with E-state index in [0.717, 1.165) is 16.7 Å². The van der Waals surface area contributed by atoms with E-state index in [9.17, 15) is 13.2 Å². The molecule has 0 heterocycles. The smallest absolute Gasteiger partial charge is 0.262 e. The van der Waals surface area contributed by atoms with Crippen LogP contribution in [0.25, 0.3) is 0 Å². The highest BCUT2D eigenvalue weighted by Crippen LogP contribution is 2.24. The molecule has 0 atom stereocenters. The summed E-state index contributed by atoms with van der Waals surface area (Å²) in [6.45, 7) is 5.70. The first kappa shape index (κ1) is 22.4. The van der Waals surface area contributed by atoms with Crippen LogP contribution >= 0.6 is 0 Å². The first-order chi connectivity index (χ1) is 14.7. The predicted octanol–water partition coefficient (Wildman–Crippen LogP) is 4.35. The van der Waals surface area contributed by atoms with E-state index in [-0.39, 0.29) is 22.9 Å².